The van der Waals surface area contributed by atoms with Crippen LogP contribution in [0.15, 0.2) is 29.6 Å². The van der Waals surface area contributed by atoms with Crippen molar-refractivity contribution in [3.05, 3.63) is 35.2 Å². The number of carbonyl (C=O) groups is 1. The maximum Gasteiger partial charge on any atom is 0.164 e. The predicted octanol–water partition coefficient (Wildman–Crippen LogP) is 2.91. The highest BCUT2D eigenvalue weighted by molar-refractivity contribution is 7.91. The van der Waals surface area contributed by atoms with Crippen LogP contribution < -0.4 is 0 Å². The van der Waals surface area contributed by atoms with Gasteiger partial charge in [0.25, 0.3) is 0 Å². The molecule has 5 heteroatoms. The van der Waals surface area contributed by atoms with Crippen LogP contribution in [0.1, 0.15) is 23.2 Å². The molecule has 1 unspecified atom stereocenters. The second-order valence-corrected chi connectivity index (χ2v) is 8.19. The number of sulfone groups is 1. The number of ketones is 1. The van der Waals surface area contributed by atoms with E-state index in [4.69, 9.17) is 0 Å². The zero-order valence-corrected chi connectivity index (χ0v) is 12.0. The molecule has 1 saturated heterocycles. The minimum atomic E-state index is -2.90. The highest BCUT2D eigenvalue weighted by Gasteiger charge is 2.29. The van der Waals surface area contributed by atoms with E-state index in [1.54, 1.807) is 11.3 Å². The lowest BCUT2D eigenvalue weighted by atomic mass is 9.97. The van der Waals surface area contributed by atoms with Crippen LogP contribution in [0.3, 0.4) is 0 Å². The Bertz CT molecular complexity index is 728. The number of carbonyl (C=O) groups excluding carboxylic acids is 1. The second kappa shape index (κ2) is 4.72. The summed E-state index contributed by atoms with van der Waals surface area (Å²) in [6.07, 6.45) is 0.963. The van der Waals surface area contributed by atoms with Crippen molar-refractivity contribution in [2.24, 2.45) is 5.92 Å². The molecule has 19 heavy (non-hydrogen) atoms. The molecule has 0 bridgehead atoms. The van der Waals surface area contributed by atoms with Crippen molar-refractivity contribution in [3.63, 3.8) is 0 Å². The van der Waals surface area contributed by atoms with Crippen molar-refractivity contribution < 1.29 is 13.2 Å². The van der Waals surface area contributed by atoms with E-state index in [2.05, 4.69) is 0 Å². The average Bonchev–Trinajstić information content (AvgIpc) is 2.94. The largest absolute Gasteiger partial charge is 0.294 e. The highest BCUT2D eigenvalue weighted by atomic mass is 32.2. The van der Waals surface area contributed by atoms with Gasteiger partial charge in [0.2, 0.25) is 0 Å². The summed E-state index contributed by atoms with van der Waals surface area (Å²) in [5, 5.41) is 3.05. The van der Waals surface area contributed by atoms with Gasteiger partial charge in [-0.05, 0) is 35.2 Å². The molecule has 1 aliphatic rings. The minimum absolute atomic E-state index is 0.00674. The van der Waals surface area contributed by atoms with E-state index in [0.717, 1.165) is 15.6 Å². The van der Waals surface area contributed by atoms with E-state index in [1.165, 1.54) is 0 Å². The summed E-state index contributed by atoms with van der Waals surface area (Å²) < 4.78 is 23.8. The van der Waals surface area contributed by atoms with E-state index in [9.17, 15) is 13.2 Å². The molecule has 0 radical (unpaired) electrons. The summed E-state index contributed by atoms with van der Waals surface area (Å²) in [4.78, 5) is 12.3. The zero-order chi connectivity index (χ0) is 13.5. The number of hydrogen-bond acceptors (Lipinski definition) is 4. The van der Waals surface area contributed by atoms with Crippen LogP contribution in [0.5, 0.6) is 0 Å². The van der Waals surface area contributed by atoms with E-state index >= 15 is 0 Å². The molecule has 1 aromatic heterocycles. The molecular formula is C14H14O3S2. The van der Waals surface area contributed by atoms with Gasteiger partial charge in [-0.2, -0.15) is 0 Å². The summed E-state index contributed by atoms with van der Waals surface area (Å²) in [5.74, 6) is 0.454. The van der Waals surface area contributed by atoms with Crippen LogP contribution >= 0.6 is 11.3 Å². The molecule has 0 N–H and O–H groups in total. The van der Waals surface area contributed by atoms with E-state index in [1.807, 2.05) is 29.6 Å². The van der Waals surface area contributed by atoms with Crippen molar-refractivity contribution in [1.82, 2.24) is 0 Å². The fourth-order valence-corrected chi connectivity index (χ4v) is 5.41. The summed E-state index contributed by atoms with van der Waals surface area (Å²) in [5.41, 5.74) is 0.733. The number of benzene rings is 1. The van der Waals surface area contributed by atoms with Gasteiger partial charge in [0.05, 0.1) is 11.5 Å². The van der Waals surface area contributed by atoms with Crippen LogP contribution in [-0.4, -0.2) is 25.7 Å². The third kappa shape index (κ3) is 2.58. The lowest BCUT2D eigenvalue weighted by Gasteiger charge is -2.07. The Balaban J connectivity index is 1.83. The number of Topliss-reactive ketones (excluding diaryl/α,β-unsaturated/α-hetero) is 1. The first kappa shape index (κ1) is 12.8. The first-order valence-electron chi connectivity index (χ1n) is 6.25. The first-order valence-corrected chi connectivity index (χ1v) is 8.95. The lowest BCUT2D eigenvalue weighted by Crippen LogP contribution is -2.10. The molecule has 2 aromatic rings. The van der Waals surface area contributed by atoms with Gasteiger partial charge in [0, 0.05) is 16.7 Å². The van der Waals surface area contributed by atoms with Crippen molar-refractivity contribution in [2.75, 3.05) is 11.5 Å². The molecule has 1 fully saturated rings. The van der Waals surface area contributed by atoms with E-state index in [-0.39, 0.29) is 23.2 Å². The second-order valence-electron chi connectivity index (χ2n) is 5.04. The Kier molecular flexibility index (Phi) is 3.19. The monoisotopic (exact) mass is 294 g/mol. The summed E-state index contributed by atoms with van der Waals surface area (Å²) >= 11 is 1.56. The van der Waals surface area contributed by atoms with Crippen LogP contribution in [0.25, 0.3) is 10.1 Å². The average molecular weight is 294 g/mol. The molecular weight excluding hydrogens is 280 g/mol. The Labute approximate surface area is 116 Å². The number of thiophene rings is 1. The molecule has 2 heterocycles. The molecule has 0 spiro atoms. The number of rotatable bonds is 3. The van der Waals surface area contributed by atoms with Crippen LogP contribution in [0.4, 0.5) is 0 Å². The Morgan fingerprint density at radius 3 is 2.89 bits per heavy atom. The van der Waals surface area contributed by atoms with Gasteiger partial charge in [-0.25, -0.2) is 8.42 Å². The van der Waals surface area contributed by atoms with Crippen molar-refractivity contribution in [3.8, 4) is 0 Å². The quantitative estimate of drug-likeness (QED) is 0.818. The van der Waals surface area contributed by atoms with Crippen LogP contribution in [-0.2, 0) is 9.84 Å². The first-order chi connectivity index (χ1) is 9.05. The van der Waals surface area contributed by atoms with Crippen molar-refractivity contribution in [2.45, 2.75) is 12.8 Å². The van der Waals surface area contributed by atoms with Gasteiger partial charge in [-0.15, -0.1) is 11.3 Å². The molecule has 0 aliphatic carbocycles. The Morgan fingerprint density at radius 1 is 1.32 bits per heavy atom. The predicted molar refractivity (Wildman–Crippen MR) is 77.5 cm³/mol. The smallest absolute Gasteiger partial charge is 0.164 e. The minimum Gasteiger partial charge on any atom is -0.294 e. The number of hydrogen-bond donors (Lipinski definition) is 0. The van der Waals surface area contributed by atoms with Gasteiger partial charge in [0.1, 0.15) is 0 Å². The van der Waals surface area contributed by atoms with Gasteiger partial charge in [0.15, 0.2) is 15.6 Å². The summed E-state index contributed by atoms with van der Waals surface area (Å²) in [7, 11) is -2.90. The molecule has 1 aliphatic heterocycles. The van der Waals surface area contributed by atoms with Crippen molar-refractivity contribution in [1.29, 1.82) is 0 Å². The number of fused-ring (bicyclic) bond motifs is 1. The molecule has 3 rings (SSSR count). The molecule has 100 valence electrons. The third-order valence-corrected chi connectivity index (χ3v) is 6.38. The standard InChI is InChI=1S/C14H14O3S2/c15-13(8-10-5-7-19(16,17)9-10)12-3-1-2-11-4-6-18-14(11)12/h1-4,6,10H,5,7-9H2. The molecule has 3 nitrogen and oxygen atoms in total. The zero-order valence-electron chi connectivity index (χ0n) is 10.3. The summed E-state index contributed by atoms with van der Waals surface area (Å²) in [6.45, 7) is 0. The summed E-state index contributed by atoms with van der Waals surface area (Å²) in [6, 6.07) is 7.71. The SMILES string of the molecule is O=C(CC1CCS(=O)(=O)C1)c1cccc2ccsc12. The molecule has 1 atom stereocenters. The van der Waals surface area contributed by atoms with Gasteiger partial charge < -0.3 is 0 Å². The maximum atomic E-state index is 12.3. The highest BCUT2D eigenvalue weighted by Crippen LogP contribution is 2.28. The van der Waals surface area contributed by atoms with Gasteiger partial charge in [-0.3, -0.25) is 4.79 Å². The normalized spacial score (nSPS) is 21.8. The van der Waals surface area contributed by atoms with Crippen molar-refractivity contribution >= 4 is 37.0 Å². The fourth-order valence-electron chi connectivity index (χ4n) is 2.62. The molecule has 1 aromatic carbocycles. The molecule has 0 saturated carbocycles. The van der Waals surface area contributed by atoms with Crippen LogP contribution in [0, 0.1) is 5.92 Å². The van der Waals surface area contributed by atoms with Gasteiger partial charge >= 0.3 is 0 Å². The van der Waals surface area contributed by atoms with E-state index in [0.29, 0.717) is 12.8 Å². The Hall–Kier alpha value is -1.20. The third-order valence-electron chi connectivity index (χ3n) is 3.58. The lowest BCUT2D eigenvalue weighted by molar-refractivity contribution is 0.0967. The fraction of sp³-hybridized carbons (Fsp3) is 0.357. The van der Waals surface area contributed by atoms with E-state index < -0.39 is 9.84 Å². The molecule has 0 amide bonds. The van der Waals surface area contributed by atoms with Crippen LogP contribution in [0.2, 0.25) is 0 Å². The maximum absolute atomic E-state index is 12.3. The van der Waals surface area contributed by atoms with Gasteiger partial charge in [-0.1, -0.05) is 12.1 Å². The topological polar surface area (TPSA) is 51.2 Å². The Morgan fingerprint density at radius 2 is 2.16 bits per heavy atom.